The van der Waals surface area contributed by atoms with Crippen molar-refractivity contribution in [2.45, 2.75) is 64.9 Å². The highest BCUT2D eigenvalue weighted by Crippen LogP contribution is 2.29. The lowest BCUT2D eigenvalue weighted by Gasteiger charge is -2.32. The molecule has 2 amide bonds. The van der Waals surface area contributed by atoms with Crippen molar-refractivity contribution >= 4 is 27.5 Å². The summed E-state index contributed by atoms with van der Waals surface area (Å²) in [5.41, 5.74) is 3.74. The number of hydrogen-bond donors (Lipinski definition) is 1. The Balaban J connectivity index is 2.05. The molecular weight excluding hydrogens is 538 g/mol. The fourth-order valence-electron chi connectivity index (χ4n) is 4.44. The first kappa shape index (κ1) is 31.7. The minimum absolute atomic E-state index is 0.0847. The molecule has 1 N–H and O–H groups in total. The number of rotatable bonds is 13. The maximum Gasteiger partial charge on any atom is 0.264 e. The first-order valence-electron chi connectivity index (χ1n) is 13.8. The number of nitrogens with zero attached hydrogens (tertiary/aromatic N) is 2. The summed E-state index contributed by atoms with van der Waals surface area (Å²) >= 11 is 0. The number of hydrogen-bond acceptors (Lipinski definition) is 5. The van der Waals surface area contributed by atoms with E-state index in [0.717, 1.165) is 39.4 Å². The molecule has 1 atom stereocenters. The predicted molar refractivity (Wildman–Crippen MR) is 163 cm³/mol. The van der Waals surface area contributed by atoms with Gasteiger partial charge in [0.1, 0.15) is 18.3 Å². The summed E-state index contributed by atoms with van der Waals surface area (Å²) in [7, 11) is -2.56. The summed E-state index contributed by atoms with van der Waals surface area (Å²) in [5, 5.41) is 2.90. The van der Waals surface area contributed by atoms with E-state index in [4.69, 9.17) is 4.74 Å². The third-order valence-electron chi connectivity index (χ3n) is 7.22. The highest BCUT2D eigenvalue weighted by Gasteiger charge is 2.33. The molecule has 0 bridgehead atoms. The number of carbonyl (C=O) groups excluding carboxylic acids is 2. The summed E-state index contributed by atoms with van der Waals surface area (Å²) in [4.78, 5) is 28.7. The second kappa shape index (κ2) is 14.2. The van der Waals surface area contributed by atoms with Gasteiger partial charge in [-0.1, -0.05) is 55.3 Å². The number of ether oxygens (including phenoxy) is 1. The van der Waals surface area contributed by atoms with Gasteiger partial charge in [0.25, 0.3) is 10.0 Å². The number of sulfonamides is 1. The number of methoxy groups -OCH3 is 1. The van der Waals surface area contributed by atoms with E-state index in [9.17, 15) is 18.0 Å². The molecule has 0 aliphatic rings. The Morgan fingerprint density at radius 2 is 1.66 bits per heavy atom. The lowest BCUT2D eigenvalue weighted by atomic mass is 10.1. The van der Waals surface area contributed by atoms with Crippen LogP contribution in [0.5, 0.6) is 5.75 Å². The van der Waals surface area contributed by atoms with Crippen molar-refractivity contribution in [1.82, 2.24) is 10.2 Å². The number of anilines is 1. The number of aryl methyl sites for hydroxylation is 2. The zero-order valence-electron chi connectivity index (χ0n) is 24.8. The van der Waals surface area contributed by atoms with E-state index in [0.29, 0.717) is 18.0 Å². The molecule has 0 fully saturated rings. The molecule has 0 radical (unpaired) electrons. The van der Waals surface area contributed by atoms with Crippen LogP contribution in [-0.4, -0.2) is 51.4 Å². The highest BCUT2D eigenvalue weighted by atomic mass is 32.2. The van der Waals surface area contributed by atoms with Gasteiger partial charge in [0.05, 0.1) is 17.7 Å². The van der Waals surface area contributed by atoms with Crippen molar-refractivity contribution in [2.75, 3.05) is 24.5 Å². The number of amides is 2. The Morgan fingerprint density at radius 1 is 0.976 bits per heavy atom. The SMILES string of the molecule is CCCCNC(=O)[C@@H](C)N(Cc1cccc(OC)c1)C(=O)CN(c1cccc(C)c1C)S(=O)(=O)c1ccc(C)cc1. The number of benzene rings is 3. The van der Waals surface area contributed by atoms with E-state index in [2.05, 4.69) is 5.32 Å². The van der Waals surface area contributed by atoms with E-state index < -0.39 is 28.5 Å². The second-order valence-electron chi connectivity index (χ2n) is 10.2. The van der Waals surface area contributed by atoms with E-state index in [-0.39, 0.29) is 17.3 Å². The number of nitrogens with one attached hydrogen (secondary N) is 1. The molecule has 3 rings (SSSR count). The Hall–Kier alpha value is -3.85. The van der Waals surface area contributed by atoms with Crippen molar-refractivity contribution < 1.29 is 22.7 Å². The Kier molecular flexibility index (Phi) is 10.9. The van der Waals surface area contributed by atoms with E-state index >= 15 is 0 Å². The van der Waals surface area contributed by atoms with Gasteiger partial charge in [0, 0.05) is 13.1 Å². The maximum absolute atomic E-state index is 14.1. The summed E-state index contributed by atoms with van der Waals surface area (Å²) < 4.78 is 34.6. The Labute approximate surface area is 244 Å². The molecular formula is C32H41N3O5S. The van der Waals surface area contributed by atoms with Gasteiger partial charge >= 0.3 is 0 Å². The molecule has 220 valence electrons. The molecule has 0 saturated heterocycles. The third-order valence-corrected chi connectivity index (χ3v) is 8.99. The minimum Gasteiger partial charge on any atom is -0.497 e. The summed E-state index contributed by atoms with van der Waals surface area (Å²) in [5.74, 6) is -0.175. The van der Waals surface area contributed by atoms with Crippen LogP contribution in [0.15, 0.2) is 71.6 Å². The molecule has 0 heterocycles. The quantitative estimate of drug-likeness (QED) is 0.283. The fraction of sp³-hybridized carbons (Fsp3) is 0.375. The van der Waals surface area contributed by atoms with Gasteiger partial charge in [-0.15, -0.1) is 0 Å². The minimum atomic E-state index is -4.12. The van der Waals surface area contributed by atoms with Crippen LogP contribution in [0, 0.1) is 20.8 Å². The number of unbranched alkanes of at least 4 members (excludes halogenated alkanes) is 1. The van der Waals surface area contributed by atoms with Gasteiger partial charge in [0.2, 0.25) is 11.8 Å². The zero-order chi connectivity index (χ0) is 30.2. The van der Waals surface area contributed by atoms with Crippen molar-refractivity contribution in [3.05, 3.63) is 89.0 Å². The van der Waals surface area contributed by atoms with E-state index in [1.807, 2.05) is 45.9 Å². The fourth-order valence-corrected chi connectivity index (χ4v) is 5.91. The Bertz CT molecular complexity index is 1450. The van der Waals surface area contributed by atoms with Crippen molar-refractivity contribution in [1.29, 1.82) is 0 Å². The van der Waals surface area contributed by atoms with Crippen LogP contribution in [0.1, 0.15) is 48.9 Å². The van der Waals surface area contributed by atoms with Gasteiger partial charge in [-0.2, -0.15) is 0 Å². The third kappa shape index (κ3) is 7.88. The largest absolute Gasteiger partial charge is 0.497 e. The normalized spacial score (nSPS) is 12.0. The predicted octanol–water partition coefficient (Wildman–Crippen LogP) is 5.15. The summed E-state index contributed by atoms with van der Waals surface area (Å²) in [6, 6.07) is 18.3. The topological polar surface area (TPSA) is 96.0 Å². The van der Waals surface area contributed by atoms with Gasteiger partial charge < -0.3 is 15.0 Å². The second-order valence-corrected chi connectivity index (χ2v) is 12.1. The van der Waals surface area contributed by atoms with Crippen molar-refractivity contribution in [3.63, 3.8) is 0 Å². The zero-order valence-corrected chi connectivity index (χ0v) is 25.6. The lowest BCUT2D eigenvalue weighted by molar-refractivity contribution is -0.139. The average Bonchev–Trinajstić information content (AvgIpc) is 2.96. The van der Waals surface area contributed by atoms with Gasteiger partial charge in [-0.05, 0) is 81.1 Å². The van der Waals surface area contributed by atoms with Gasteiger partial charge in [-0.3, -0.25) is 13.9 Å². The molecule has 3 aromatic rings. The average molecular weight is 580 g/mol. The molecule has 41 heavy (non-hydrogen) atoms. The molecule has 0 aromatic heterocycles. The summed E-state index contributed by atoms with van der Waals surface area (Å²) in [6.45, 7) is 9.43. The van der Waals surface area contributed by atoms with Crippen LogP contribution < -0.4 is 14.4 Å². The standard InChI is InChI=1S/C32H41N3O5S/c1-7-8-19-33-32(37)26(5)34(21-27-12-10-13-28(20-27)40-6)31(36)22-35(30-14-9-11-24(3)25(30)4)41(38,39)29-17-15-23(2)16-18-29/h9-18,20,26H,7-8,19,21-22H2,1-6H3,(H,33,37)/t26-/m1/s1. The van der Waals surface area contributed by atoms with Crippen molar-refractivity contribution in [2.24, 2.45) is 0 Å². The maximum atomic E-state index is 14.1. The van der Waals surface area contributed by atoms with Crippen LogP contribution in [0.3, 0.4) is 0 Å². The van der Waals surface area contributed by atoms with E-state index in [1.54, 1.807) is 62.6 Å². The van der Waals surface area contributed by atoms with Crippen LogP contribution in [0.2, 0.25) is 0 Å². The monoisotopic (exact) mass is 579 g/mol. The molecule has 8 nitrogen and oxygen atoms in total. The van der Waals surface area contributed by atoms with Gasteiger partial charge in [0.15, 0.2) is 0 Å². The smallest absolute Gasteiger partial charge is 0.264 e. The highest BCUT2D eigenvalue weighted by molar-refractivity contribution is 7.92. The van der Waals surface area contributed by atoms with Crippen molar-refractivity contribution in [3.8, 4) is 5.75 Å². The molecule has 0 spiro atoms. The van der Waals surface area contributed by atoms with Crippen LogP contribution in [-0.2, 0) is 26.2 Å². The molecule has 0 unspecified atom stereocenters. The van der Waals surface area contributed by atoms with E-state index in [1.165, 1.54) is 4.90 Å². The van der Waals surface area contributed by atoms with Crippen LogP contribution in [0.25, 0.3) is 0 Å². The molecule has 9 heteroatoms. The first-order valence-corrected chi connectivity index (χ1v) is 15.3. The van der Waals surface area contributed by atoms with Gasteiger partial charge in [-0.25, -0.2) is 8.42 Å². The summed E-state index contributed by atoms with van der Waals surface area (Å²) in [6.07, 6.45) is 1.74. The Morgan fingerprint density at radius 3 is 2.32 bits per heavy atom. The van der Waals surface area contributed by atoms with Crippen LogP contribution in [0.4, 0.5) is 5.69 Å². The lowest BCUT2D eigenvalue weighted by Crippen LogP contribution is -2.51. The molecule has 0 aliphatic heterocycles. The molecule has 3 aromatic carbocycles. The first-order chi connectivity index (χ1) is 19.5. The number of carbonyl (C=O) groups is 2. The molecule has 0 saturated carbocycles. The van der Waals surface area contributed by atoms with Crippen LogP contribution >= 0.6 is 0 Å². The molecule has 0 aliphatic carbocycles.